The Bertz CT molecular complexity index is 858. The highest BCUT2D eigenvalue weighted by Crippen LogP contribution is 2.42. The SMILES string of the molecule is CC(C)C(=O)N1[C@H](C(=O)NCc2ccc(F)cc2)CS[C@H]1c1cccc(F)c1. The van der Waals surface area contributed by atoms with E-state index in [0.717, 1.165) is 5.56 Å². The number of carbonyl (C=O) groups is 2. The van der Waals surface area contributed by atoms with E-state index in [1.54, 1.807) is 43.0 Å². The van der Waals surface area contributed by atoms with Gasteiger partial charge in [-0.1, -0.05) is 38.1 Å². The summed E-state index contributed by atoms with van der Waals surface area (Å²) in [5.41, 5.74) is 1.43. The van der Waals surface area contributed by atoms with Gasteiger partial charge in [0.25, 0.3) is 0 Å². The van der Waals surface area contributed by atoms with Gasteiger partial charge >= 0.3 is 0 Å². The van der Waals surface area contributed by atoms with E-state index in [0.29, 0.717) is 11.3 Å². The topological polar surface area (TPSA) is 49.4 Å². The van der Waals surface area contributed by atoms with Gasteiger partial charge in [-0.3, -0.25) is 9.59 Å². The fourth-order valence-electron chi connectivity index (χ4n) is 3.10. The van der Waals surface area contributed by atoms with Gasteiger partial charge in [0.05, 0.1) is 0 Å². The second kappa shape index (κ2) is 8.73. The molecule has 7 heteroatoms. The lowest BCUT2D eigenvalue weighted by molar-refractivity contribution is -0.142. The van der Waals surface area contributed by atoms with E-state index < -0.39 is 11.4 Å². The van der Waals surface area contributed by atoms with Crippen molar-refractivity contribution in [1.82, 2.24) is 10.2 Å². The van der Waals surface area contributed by atoms with Crippen molar-refractivity contribution in [2.75, 3.05) is 5.75 Å². The van der Waals surface area contributed by atoms with Crippen LogP contribution in [0, 0.1) is 17.6 Å². The van der Waals surface area contributed by atoms with Gasteiger partial charge in [0.1, 0.15) is 23.1 Å². The molecule has 2 aromatic carbocycles. The molecule has 1 heterocycles. The molecule has 0 spiro atoms. The predicted octanol–water partition coefficient (Wildman–Crippen LogP) is 3.88. The number of thioether (sulfide) groups is 1. The highest BCUT2D eigenvalue weighted by molar-refractivity contribution is 7.99. The highest BCUT2D eigenvalue weighted by Gasteiger charge is 2.42. The largest absolute Gasteiger partial charge is 0.350 e. The molecule has 0 aromatic heterocycles. The van der Waals surface area contributed by atoms with Gasteiger partial charge in [-0.15, -0.1) is 11.8 Å². The van der Waals surface area contributed by atoms with Gasteiger partial charge < -0.3 is 10.2 Å². The lowest BCUT2D eigenvalue weighted by Gasteiger charge is -2.30. The highest BCUT2D eigenvalue weighted by atomic mass is 32.2. The zero-order chi connectivity index (χ0) is 20.3. The number of nitrogens with zero attached hydrogens (tertiary/aromatic N) is 1. The Kier molecular flexibility index (Phi) is 6.34. The Balaban J connectivity index is 1.77. The van der Waals surface area contributed by atoms with Crippen molar-refractivity contribution >= 4 is 23.6 Å². The zero-order valence-electron chi connectivity index (χ0n) is 15.7. The van der Waals surface area contributed by atoms with Crippen LogP contribution in [0.5, 0.6) is 0 Å². The maximum Gasteiger partial charge on any atom is 0.243 e. The first-order valence-electron chi connectivity index (χ1n) is 9.08. The number of amides is 2. The fourth-order valence-corrected chi connectivity index (χ4v) is 4.53. The minimum atomic E-state index is -0.645. The van der Waals surface area contributed by atoms with Gasteiger partial charge in [-0.2, -0.15) is 0 Å². The monoisotopic (exact) mass is 404 g/mol. The number of nitrogens with one attached hydrogen (secondary N) is 1. The molecule has 148 valence electrons. The third-order valence-corrected chi connectivity index (χ3v) is 5.89. The number of benzene rings is 2. The van der Waals surface area contributed by atoms with Crippen molar-refractivity contribution in [3.8, 4) is 0 Å². The maximum absolute atomic E-state index is 13.7. The molecule has 1 N–H and O–H groups in total. The summed E-state index contributed by atoms with van der Waals surface area (Å²) >= 11 is 1.45. The molecular formula is C21H22F2N2O2S. The quantitative estimate of drug-likeness (QED) is 0.823. The minimum Gasteiger partial charge on any atom is -0.350 e. The van der Waals surface area contributed by atoms with E-state index in [-0.39, 0.29) is 35.9 Å². The summed E-state index contributed by atoms with van der Waals surface area (Å²) in [7, 11) is 0. The third kappa shape index (κ3) is 4.52. The Morgan fingerprint density at radius 3 is 2.50 bits per heavy atom. The molecule has 0 aliphatic carbocycles. The Morgan fingerprint density at radius 1 is 1.14 bits per heavy atom. The molecule has 28 heavy (non-hydrogen) atoms. The second-order valence-corrected chi connectivity index (χ2v) is 8.11. The molecule has 0 radical (unpaired) electrons. The van der Waals surface area contributed by atoms with Crippen LogP contribution in [-0.2, 0) is 16.1 Å². The van der Waals surface area contributed by atoms with E-state index in [1.165, 1.54) is 36.0 Å². The van der Waals surface area contributed by atoms with Crippen molar-refractivity contribution in [3.05, 3.63) is 71.3 Å². The molecule has 0 unspecified atom stereocenters. The van der Waals surface area contributed by atoms with Crippen molar-refractivity contribution < 1.29 is 18.4 Å². The number of carbonyl (C=O) groups excluding carboxylic acids is 2. The van der Waals surface area contributed by atoms with Crippen LogP contribution in [0.2, 0.25) is 0 Å². The van der Waals surface area contributed by atoms with E-state index in [4.69, 9.17) is 0 Å². The van der Waals surface area contributed by atoms with E-state index in [1.807, 2.05) is 0 Å². The molecule has 1 aliphatic rings. The van der Waals surface area contributed by atoms with Crippen LogP contribution >= 0.6 is 11.8 Å². The number of halogens is 2. The van der Waals surface area contributed by atoms with E-state index in [9.17, 15) is 18.4 Å². The maximum atomic E-state index is 13.7. The van der Waals surface area contributed by atoms with Crippen LogP contribution in [0.15, 0.2) is 48.5 Å². The summed E-state index contributed by atoms with van der Waals surface area (Å²) in [6.45, 7) is 3.80. The van der Waals surface area contributed by atoms with Gasteiger partial charge in [0.15, 0.2) is 0 Å². The van der Waals surface area contributed by atoms with Crippen LogP contribution in [0.3, 0.4) is 0 Å². The summed E-state index contributed by atoms with van der Waals surface area (Å²) in [6.07, 6.45) is 0. The predicted molar refractivity (Wildman–Crippen MR) is 105 cm³/mol. The van der Waals surface area contributed by atoms with Crippen molar-refractivity contribution in [2.24, 2.45) is 5.92 Å². The number of hydrogen-bond acceptors (Lipinski definition) is 3. The molecule has 0 bridgehead atoms. The molecule has 3 rings (SSSR count). The Morgan fingerprint density at radius 2 is 1.86 bits per heavy atom. The normalized spacial score (nSPS) is 19.1. The summed E-state index contributed by atoms with van der Waals surface area (Å²) < 4.78 is 26.7. The molecule has 2 atom stereocenters. The Hall–Kier alpha value is -2.41. The standard InChI is InChI=1S/C21H22F2N2O2S/c1-13(2)20(27)25-18(12-28-21(25)15-4-3-5-17(23)10-15)19(26)24-11-14-6-8-16(22)9-7-14/h3-10,13,18,21H,11-12H2,1-2H3,(H,24,26)/t18-,21-/m0/s1. The van der Waals surface area contributed by atoms with Gasteiger partial charge in [0.2, 0.25) is 11.8 Å². The van der Waals surface area contributed by atoms with Crippen LogP contribution in [0.25, 0.3) is 0 Å². The minimum absolute atomic E-state index is 0.152. The molecule has 1 fully saturated rings. The molecular weight excluding hydrogens is 382 g/mol. The lowest BCUT2D eigenvalue weighted by Crippen LogP contribution is -2.49. The van der Waals surface area contributed by atoms with Crippen molar-refractivity contribution in [2.45, 2.75) is 31.8 Å². The number of rotatable bonds is 5. The van der Waals surface area contributed by atoms with Gasteiger partial charge in [0, 0.05) is 18.2 Å². The first kappa shape index (κ1) is 20.3. The average molecular weight is 404 g/mol. The van der Waals surface area contributed by atoms with Crippen LogP contribution in [-0.4, -0.2) is 28.5 Å². The molecule has 0 saturated carbocycles. The molecule has 1 saturated heterocycles. The van der Waals surface area contributed by atoms with Crippen molar-refractivity contribution in [3.63, 3.8) is 0 Å². The summed E-state index contributed by atoms with van der Waals surface area (Å²) in [6, 6.07) is 11.3. The zero-order valence-corrected chi connectivity index (χ0v) is 16.5. The lowest BCUT2D eigenvalue weighted by atomic mass is 10.1. The van der Waals surface area contributed by atoms with Gasteiger partial charge in [-0.25, -0.2) is 8.78 Å². The molecule has 1 aliphatic heterocycles. The third-order valence-electron chi connectivity index (χ3n) is 4.57. The summed E-state index contributed by atoms with van der Waals surface area (Å²) in [5, 5.41) is 2.41. The van der Waals surface area contributed by atoms with Gasteiger partial charge in [-0.05, 0) is 35.4 Å². The first-order valence-corrected chi connectivity index (χ1v) is 10.1. The Labute approximate surface area is 167 Å². The summed E-state index contributed by atoms with van der Waals surface area (Å²) in [5.74, 6) is -1.00. The van der Waals surface area contributed by atoms with Crippen LogP contribution in [0.1, 0.15) is 30.3 Å². The number of hydrogen-bond donors (Lipinski definition) is 1. The van der Waals surface area contributed by atoms with Crippen molar-refractivity contribution in [1.29, 1.82) is 0 Å². The summed E-state index contributed by atoms with van der Waals surface area (Å²) in [4.78, 5) is 27.2. The molecule has 2 aromatic rings. The van der Waals surface area contributed by atoms with E-state index in [2.05, 4.69) is 5.32 Å². The second-order valence-electron chi connectivity index (χ2n) is 7.00. The van der Waals surface area contributed by atoms with Crippen LogP contribution < -0.4 is 5.32 Å². The smallest absolute Gasteiger partial charge is 0.243 e. The molecule has 2 amide bonds. The van der Waals surface area contributed by atoms with E-state index >= 15 is 0 Å². The average Bonchev–Trinajstić information content (AvgIpc) is 3.11. The van der Waals surface area contributed by atoms with Crippen LogP contribution in [0.4, 0.5) is 8.78 Å². The fraction of sp³-hybridized carbons (Fsp3) is 0.333. The first-order chi connectivity index (χ1) is 13.4. The molecule has 4 nitrogen and oxygen atoms in total.